The molecule has 2 rings (SSSR count). The van der Waals surface area contributed by atoms with E-state index in [1.807, 2.05) is 17.5 Å². The van der Waals surface area contributed by atoms with E-state index in [1.54, 1.807) is 11.3 Å². The van der Waals surface area contributed by atoms with Gasteiger partial charge in [0, 0.05) is 11.5 Å². The summed E-state index contributed by atoms with van der Waals surface area (Å²) in [5.41, 5.74) is -0.702. The smallest absolute Gasteiger partial charge is 0.122 e. The number of thiophene rings is 1. The van der Waals surface area contributed by atoms with E-state index >= 15 is 0 Å². The van der Waals surface area contributed by atoms with E-state index in [2.05, 4.69) is 0 Å². The standard InChI is InChI=1S/C9H12O2S/c10-9(4-2-5-11-7-9)8-3-1-6-12-8/h1,3,6,10H,2,4-5,7H2. The van der Waals surface area contributed by atoms with Crippen LogP contribution in [0.5, 0.6) is 0 Å². The second-order valence-electron chi connectivity index (χ2n) is 3.17. The molecular weight excluding hydrogens is 172 g/mol. The number of rotatable bonds is 1. The summed E-state index contributed by atoms with van der Waals surface area (Å²) in [4.78, 5) is 1.03. The molecule has 2 heterocycles. The summed E-state index contributed by atoms with van der Waals surface area (Å²) in [6, 6.07) is 3.94. The fourth-order valence-electron chi connectivity index (χ4n) is 1.52. The quantitative estimate of drug-likeness (QED) is 0.720. The Kier molecular flexibility index (Phi) is 2.17. The van der Waals surface area contributed by atoms with Gasteiger partial charge in [-0.3, -0.25) is 0 Å². The zero-order valence-electron chi connectivity index (χ0n) is 6.82. The molecule has 1 fully saturated rings. The van der Waals surface area contributed by atoms with Crippen LogP contribution in [0.15, 0.2) is 17.5 Å². The summed E-state index contributed by atoms with van der Waals surface area (Å²) in [5, 5.41) is 12.1. The van der Waals surface area contributed by atoms with Crippen molar-refractivity contribution in [2.75, 3.05) is 13.2 Å². The maximum Gasteiger partial charge on any atom is 0.122 e. The van der Waals surface area contributed by atoms with Crippen LogP contribution >= 0.6 is 11.3 Å². The summed E-state index contributed by atoms with van der Waals surface area (Å²) in [7, 11) is 0. The predicted octanol–water partition coefficient (Wildman–Crippen LogP) is 1.75. The molecule has 1 aliphatic heterocycles. The first-order chi connectivity index (χ1) is 5.81. The minimum Gasteiger partial charge on any atom is -0.382 e. The van der Waals surface area contributed by atoms with Crippen molar-refractivity contribution in [1.82, 2.24) is 0 Å². The highest BCUT2D eigenvalue weighted by Crippen LogP contribution is 2.32. The zero-order valence-corrected chi connectivity index (χ0v) is 7.64. The van der Waals surface area contributed by atoms with Crippen molar-refractivity contribution < 1.29 is 9.84 Å². The fourth-order valence-corrected chi connectivity index (χ4v) is 2.36. The molecule has 1 aliphatic rings. The van der Waals surface area contributed by atoms with Gasteiger partial charge in [-0.1, -0.05) is 6.07 Å². The van der Waals surface area contributed by atoms with E-state index in [1.165, 1.54) is 0 Å². The van der Waals surface area contributed by atoms with Crippen molar-refractivity contribution in [2.24, 2.45) is 0 Å². The molecule has 1 N–H and O–H groups in total. The van der Waals surface area contributed by atoms with E-state index in [9.17, 15) is 5.11 Å². The first kappa shape index (κ1) is 8.23. The fraction of sp³-hybridized carbons (Fsp3) is 0.556. The van der Waals surface area contributed by atoms with Crippen molar-refractivity contribution in [1.29, 1.82) is 0 Å². The van der Waals surface area contributed by atoms with Gasteiger partial charge in [0.1, 0.15) is 5.60 Å². The highest BCUT2D eigenvalue weighted by Gasteiger charge is 2.32. The normalized spacial score (nSPS) is 30.4. The Morgan fingerprint density at radius 2 is 2.50 bits per heavy atom. The van der Waals surface area contributed by atoms with Gasteiger partial charge in [0.25, 0.3) is 0 Å². The third kappa shape index (κ3) is 1.40. The van der Waals surface area contributed by atoms with Crippen molar-refractivity contribution in [3.05, 3.63) is 22.4 Å². The second-order valence-corrected chi connectivity index (χ2v) is 4.11. The maximum atomic E-state index is 10.1. The molecule has 1 atom stereocenters. The van der Waals surface area contributed by atoms with Crippen molar-refractivity contribution in [2.45, 2.75) is 18.4 Å². The Hall–Kier alpha value is -0.380. The average molecular weight is 184 g/mol. The zero-order chi connectivity index (χ0) is 8.44. The lowest BCUT2D eigenvalue weighted by atomic mass is 9.95. The first-order valence-corrected chi connectivity index (χ1v) is 5.03. The number of hydrogen-bond acceptors (Lipinski definition) is 3. The van der Waals surface area contributed by atoms with Crippen LogP contribution in [0.4, 0.5) is 0 Å². The van der Waals surface area contributed by atoms with Gasteiger partial charge >= 0.3 is 0 Å². The first-order valence-electron chi connectivity index (χ1n) is 4.15. The van der Waals surface area contributed by atoms with Crippen LogP contribution in [0.1, 0.15) is 17.7 Å². The largest absolute Gasteiger partial charge is 0.382 e. The van der Waals surface area contributed by atoms with E-state index in [4.69, 9.17) is 4.74 Å². The lowest BCUT2D eigenvalue weighted by Gasteiger charge is -2.30. The Labute approximate surface area is 75.8 Å². The molecule has 1 unspecified atom stereocenters. The van der Waals surface area contributed by atoms with Crippen molar-refractivity contribution in [3.63, 3.8) is 0 Å². The second kappa shape index (κ2) is 3.17. The summed E-state index contributed by atoms with van der Waals surface area (Å²) < 4.78 is 5.27. The molecule has 0 aliphatic carbocycles. The monoisotopic (exact) mass is 184 g/mol. The van der Waals surface area contributed by atoms with Crippen molar-refractivity contribution in [3.8, 4) is 0 Å². The third-order valence-corrected chi connectivity index (χ3v) is 3.26. The van der Waals surface area contributed by atoms with E-state index in [0.29, 0.717) is 6.61 Å². The lowest BCUT2D eigenvalue weighted by Crippen LogP contribution is -2.34. The summed E-state index contributed by atoms with van der Waals surface area (Å²) >= 11 is 1.60. The molecule has 0 spiro atoms. The topological polar surface area (TPSA) is 29.5 Å². The number of hydrogen-bond donors (Lipinski definition) is 1. The van der Waals surface area contributed by atoms with Crippen LogP contribution in [0.2, 0.25) is 0 Å². The SMILES string of the molecule is OC1(c2cccs2)CCCOC1. The van der Waals surface area contributed by atoms with Crippen molar-refractivity contribution >= 4 is 11.3 Å². The lowest BCUT2D eigenvalue weighted by molar-refractivity contribution is -0.0880. The van der Waals surface area contributed by atoms with Crippen LogP contribution in [0, 0.1) is 0 Å². The Balaban J connectivity index is 2.19. The molecule has 0 bridgehead atoms. The van der Waals surface area contributed by atoms with E-state index < -0.39 is 5.60 Å². The van der Waals surface area contributed by atoms with Gasteiger partial charge in [-0.15, -0.1) is 11.3 Å². The van der Waals surface area contributed by atoms with Gasteiger partial charge in [-0.05, 0) is 24.3 Å². The van der Waals surface area contributed by atoms with Gasteiger partial charge < -0.3 is 9.84 Å². The molecule has 0 amide bonds. The third-order valence-electron chi connectivity index (χ3n) is 2.20. The van der Waals surface area contributed by atoms with Gasteiger partial charge in [0.05, 0.1) is 6.61 Å². The minimum atomic E-state index is -0.702. The van der Waals surface area contributed by atoms with Gasteiger partial charge in [0.15, 0.2) is 0 Å². The summed E-state index contributed by atoms with van der Waals surface area (Å²) in [6.45, 7) is 1.24. The number of ether oxygens (including phenoxy) is 1. The number of aliphatic hydroxyl groups is 1. The van der Waals surface area contributed by atoms with Crippen LogP contribution in [-0.2, 0) is 10.3 Å². The molecule has 0 aromatic carbocycles. The molecule has 66 valence electrons. The Morgan fingerprint density at radius 1 is 1.58 bits per heavy atom. The Bertz CT molecular complexity index is 237. The minimum absolute atomic E-state index is 0.452. The predicted molar refractivity (Wildman–Crippen MR) is 48.3 cm³/mol. The summed E-state index contributed by atoms with van der Waals surface area (Å²) in [6.07, 6.45) is 1.78. The van der Waals surface area contributed by atoms with Gasteiger partial charge in [0.2, 0.25) is 0 Å². The molecule has 3 heteroatoms. The van der Waals surface area contributed by atoms with Crippen LogP contribution in [-0.4, -0.2) is 18.3 Å². The van der Waals surface area contributed by atoms with Crippen LogP contribution in [0.3, 0.4) is 0 Å². The van der Waals surface area contributed by atoms with Gasteiger partial charge in [-0.25, -0.2) is 0 Å². The highest BCUT2D eigenvalue weighted by atomic mass is 32.1. The molecule has 0 saturated carbocycles. The molecular formula is C9H12O2S. The highest BCUT2D eigenvalue weighted by molar-refractivity contribution is 7.10. The molecule has 1 aromatic heterocycles. The average Bonchev–Trinajstić information content (AvgIpc) is 2.58. The van der Waals surface area contributed by atoms with Gasteiger partial charge in [-0.2, -0.15) is 0 Å². The van der Waals surface area contributed by atoms with E-state index in [0.717, 1.165) is 24.3 Å². The van der Waals surface area contributed by atoms with E-state index in [-0.39, 0.29) is 0 Å². The summed E-state index contributed by atoms with van der Waals surface area (Å²) in [5.74, 6) is 0. The molecule has 2 nitrogen and oxygen atoms in total. The molecule has 0 radical (unpaired) electrons. The van der Waals surface area contributed by atoms with Crippen LogP contribution in [0.25, 0.3) is 0 Å². The van der Waals surface area contributed by atoms with Crippen LogP contribution < -0.4 is 0 Å². The maximum absolute atomic E-state index is 10.1. The molecule has 12 heavy (non-hydrogen) atoms. The molecule has 1 aromatic rings. The Morgan fingerprint density at radius 3 is 3.08 bits per heavy atom. The molecule has 1 saturated heterocycles.